The van der Waals surface area contributed by atoms with E-state index in [1.807, 2.05) is 31.3 Å². The fraction of sp³-hybridized carbons (Fsp3) is 0.581. The van der Waals surface area contributed by atoms with E-state index in [1.54, 1.807) is 18.7 Å². The van der Waals surface area contributed by atoms with Crippen molar-refractivity contribution in [2.75, 3.05) is 40.1 Å². The number of imidazole rings is 1. The molecule has 1 atom stereocenters. The van der Waals surface area contributed by atoms with Crippen molar-refractivity contribution in [3.63, 3.8) is 0 Å². The third-order valence-corrected chi connectivity index (χ3v) is 8.09. The van der Waals surface area contributed by atoms with E-state index < -0.39 is 6.04 Å². The molecule has 0 radical (unpaired) electrons. The van der Waals surface area contributed by atoms with E-state index in [0.717, 1.165) is 80.7 Å². The van der Waals surface area contributed by atoms with Gasteiger partial charge in [-0.15, -0.1) is 0 Å². The number of fused-ring (bicyclic) bond motifs is 1. The largest absolute Gasteiger partial charge is 0.492 e. The lowest BCUT2D eigenvalue weighted by atomic mass is 10.00. The summed E-state index contributed by atoms with van der Waals surface area (Å²) in [6.45, 7) is 5.31. The number of benzene rings is 1. The molecule has 2 aromatic heterocycles. The van der Waals surface area contributed by atoms with Crippen LogP contribution in [-0.2, 0) is 32.6 Å². The molecular formula is C31H42N4O6. The van der Waals surface area contributed by atoms with Crippen LogP contribution in [0.3, 0.4) is 0 Å². The highest BCUT2D eigenvalue weighted by molar-refractivity contribution is 5.82. The van der Waals surface area contributed by atoms with Crippen molar-refractivity contribution in [1.82, 2.24) is 19.4 Å². The Hall–Kier alpha value is -3.21. The van der Waals surface area contributed by atoms with Crippen molar-refractivity contribution >= 4 is 17.0 Å². The molecule has 10 heteroatoms. The molecule has 0 unspecified atom stereocenters. The zero-order chi connectivity index (χ0) is 28.8. The number of aryl methyl sites for hydroxylation is 2. The lowest BCUT2D eigenvalue weighted by Gasteiger charge is -2.23. The highest BCUT2D eigenvalue weighted by Crippen LogP contribution is 2.30. The van der Waals surface area contributed by atoms with Gasteiger partial charge in [-0.1, -0.05) is 0 Å². The van der Waals surface area contributed by atoms with Crippen LogP contribution < -0.4 is 15.6 Å². The molecule has 1 saturated heterocycles. The predicted octanol–water partition coefficient (Wildman–Crippen LogP) is 3.61. The third kappa shape index (κ3) is 7.17. The number of pyridine rings is 1. The lowest BCUT2D eigenvalue weighted by Crippen LogP contribution is -2.44. The summed E-state index contributed by atoms with van der Waals surface area (Å²) in [5, 5.41) is 3.21. The van der Waals surface area contributed by atoms with Gasteiger partial charge < -0.3 is 28.1 Å². The molecule has 5 rings (SSSR count). The third-order valence-electron chi connectivity index (χ3n) is 8.09. The van der Waals surface area contributed by atoms with Gasteiger partial charge in [-0.05, 0) is 69.6 Å². The van der Waals surface area contributed by atoms with Gasteiger partial charge in [0.2, 0.25) is 0 Å². The average Bonchev–Trinajstić information content (AvgIpc) is 3.61. The minimum absolute atomic E-state index is 0.00956. The van der Waals surface area contributed by atoms with Crippen molar-refractivity contribution in [2.24, 2.45) is 13.0 Å². The van der Waals surface area contributed by atoms with E-state index in [-0.39, 0.29) is 24.2 Å². The quantitative estimate of drug-likeness (QED) is 0.262. The van der Waals surface area contributed by atoms with Crippen LogP contribution in [0.1, 0.15) is 44.1 Å². The number of rotatable bonds is 12. The lowest BCUT2D eigenvalue weighted by molar-refractivity contribution is -0.152. The van der Waals surface area contributed by atoms with Gasteiger partial charge in [0.1, 0.15) is 30.3 Å². The molecule has 1 aromatic carbocycles. The molecule has 41 heavy (non-hydrogen) atoms. The summed E-state index contributed by atoms with van der Waals surface area (Å²) in [7, 11) is 3.35. The first-order valence-electron chi connectivity index (χ1n) is 14.7. The summed E-state index contributed by atoms with van der Waals surface area (Å²) in [6, 6.07) is 7.35. The number of hydrogen-bond donors (Lipinski definition) is 1. The van der Waals surface area contributed by atoms with E-state index in [1.165, 1.54) is 0 Å². The number of ether oxygens (including phenoxy) is 4. The molecule has 3 aromatic rings. The maximum Gasteiger partial charge on any atom is 0.325 e. The second kappa shape index (κ2) is 13.6. The predicted molar refractivity (Wildman–Crippen MR) is 156 cm³/mol. The van der Waals surface area contributed by atoms with E-state index in [2.05, 4.69) is 16.0 Å². The number of esters is 1. The number of carbonyl (C=O) groups is 1. The molecular weight excluding hydrogens is 524 g/mol. The second-order valence-corrected chi connectivity index (χ2v) is 11.2. The minimum Gasteiger partial charge on any atom is -0.492 e. The van der Waals surface area contributed by atoms with E-state index in [4.69, 9.17) is 23.9 Å². The van der Waals surface area contributed by atoms with Crippen LogP contribution in [-0.4, -0.2) is 72.3 Å². The molecule has 0 bridgehead atoms. The number of nitrogens with one attached hydrogen (secondary N) is 1. The fourth-order valence-electron chi connectivity index (χ4n) is 5.82. The summed E-state index contributed by atoms with van der Waals surface area (Å²) in [5.74, 6) is 1.77. The number of aromatic nitrogens is 3. The van der Waals surface area contributed by atoms with Crippen LogP contribution in [0.2, 0.25) is 0 Å². The number of methoxy groups -OCH3 is 1. The smallest absolute Gasteiger partial charge is 0.325 e. The molecule has 0 amide bonds. The Morgan fingerprint density at radius 3 is 2.68 bits per heavy atom. The topological polar surface area (TPSA) is 106 Å². The van der Waals surface area contributed by atoms with E-state index >= 15 is 0 Å². The van der Waals surface area contributed by atoms with Crippen molar-refractivity contribution in [2.45, 2.75) is 64.1 Å². The molecule has 1 saturated carbocycles. The molecule has 2 fully saturated rings. The summed E-state index contributed by atoms with van der Waals surface area (Å²) in [6.07, 6.45) is 7.99. The second-order valence-electron chi connectivity index (χ2n) is 11.2. The summed E-state index contributed by atoms with van der Waals surface area (Å²) in [5.41, 5.74) is 3.45. The fourth-order valence-corrected chi connectivity index (χ4v) is 5.82. The van der Waals surface area contributed by atoms with Crippen molar-refractivity contribution in [3.8, 4) is 17.1 Å². The molecule has 1 aliphatic heterocycles. The molecule has 3 heterocycles. The van der Waals surface area contributed by atoms with Crippen LogP contribution in [0.25, 0.3) is 22.4 Å². The van der Waals surface area contributed by atoms with Crippen molar-refractivity contribution < 1.29 is 23.7 Å². The Labute approximate surface area is 240 Å². The zero-order valence-electron chi connectivity index (χ0n) is 24.4. The van der Waals surface area contributed by atoms with Crippen molar-refractivity contribution in [1.29, 1.82) is 0 Å². The molecule has 0 spiro atoms. The Morgan fingerprint density at radius 1 is 1.17 bits per heavy atom. The first-order valence-corrected chi connectivity index (χ1v) is 14.7. The number of nitrogens with zero attached hydrogens (tertiary/aromatic N) is 3. The highest BCUT2D eigenvalue weighted by atomic mass is 16.5. The SMILES string of the molecule is COC[C@H](NCCOc1ccc2c(c1)nc(-c1cc(C)c(=O)n(C)c1)n2CC1CCOCC1)C(=O)OC1CCCC1. The molecule has 1 N–H and O–H groups in total. The van der Waals surface area contributed by atoms with Gasteiger partial charge >= 0.3 is 5.97 Å². The van der Waals surface area contributed by atoms with Gasteiger partial charge in [-0.2, -0.15) is 0 Å². The summed E-state index contributed by atoms with van der Waals surface area (Å²) >= 11 is 0. The normalized spacial score (nSPS) is 17.2. The monoisotopic (exact) mass is 566 g/mol. The Kier molecular flexibility index (Phi) is 9.74. The molecule has 2 aliphatic rings. The zero-order valence-corrected chi connectivity index (χ0v) is 24.4. The van der Waals surface area contributed by atoms with Crippen LogP contribution in [0.15, 0.2) is 35.3 Å². The average molecular weight is 567 g/mol. The maximum absolute atomic E-state index is 12.6. The maximum atomic E-state index is 12.6. The first-order chi connectivity index (χ1) is 19.9. The highest BCUT2D eigenvalue weighted by Gasteiger charge is 2.25. The Bertz CT molecular complexity index is 1360. The molecule has 1 aliphatic carbocycles. The standard InChI is InChI=1S/C31H42N4O6/c1-21-16-23(19-34(2)30(21)36)29-33-26-17-25(8-9-28(26)35(29)18-22-10-13-39-14-11-22)40-15-12-32-27(20-38-3)31(37)41-24-6-4-5-7-24/h8-9,16-17,19,22,24,27,32H,4-7,10-15,18,20H2,1-3H3/t27-/m0/s1. The van der Waals surface area contributed by atoms with E-state index in [0.29, 0.717) is 30.4 Å². The van der Waals surface area contributed by atoms with Crippen LogP contribution in [0.4, 0.5) is 0 Å². The molecule has 222 valence electrons. The van der Waals surface area contributed by atoms with Gasteiger partial charge in [0.05, 0.1) is 17.6 Å². The van der Waals surface area contributed by atoms with Crippen LogP contribution in [0, 0.1) is 12.8 Å². The summed E-state index contributed by atoms with van der Waals surface area (Å²) < 4.78 is 26.4. The minimum atomic E-state index is -0.527. The van der Waals surface area contributed by atoms with Gasteiger partial charge in [-0.25, -0.2) is 4.98 Å². The van der Waals surface area contributed by atoms with Crippen LogP contribution in [0.5, 0.6) is 5.75 Å². The van der Waals surface area contributed by atoms with Gasteiger partial charge in [0.25, 0.3) is 5.56 Å². The molecule has 10 nitrogen and oxygen atoms in total. The van der Waals surface area contributed by atoms with Gasteiger partial charge in [0, 0.05) is 63.9 Å². The first kappa shape index (κ1) is 29.3. The number of hydrogen-bond acceptors (Lipinski definition) is 8. The van der Waals surface area contributed by atoms with E-state index in [9.17, 15) is 9.59 Å². The summed E-state index contributed by atoms with van der Waals surface area (Å²) in [4.78, 5) is 30.0. The number of carbonyl (C=O) groups excluding carboxylic acids is 1. The van der Waals surface area contributed by atoms with Crippen LogP contribution >= 0.6 is 0 Å². The van der Waals surface area contributed by atoms with Gasteiger partial charge in [-0.3, -0.25) is 14.9 Å². The Balaban J connectivity index is 1.29. The Morgan fingerprint density at radius 2 is 1.95 bits per heavy atom. The van der Waals surface area contributed by atoms with Gasteiger partial charge in [0.15, 0.2) is 0 Å². The van der Waals surface area contributed by atoms with Crippen molar-refractivity contribution in [3.05, 3.63) is 46.4 Å².